The summed E-state index contributed by atoms with van der Waals surface area (Å²) in [7, 11) is 1.50. The summed E-state index contributed by atoms with van der Waals surface area (Å²) < 4.78 is 11.3. The van der Waals surface area contributed by atoms with Crippen molar-refractivity contribution in [2.24, 2.45) is 0 Å². The second-order valence-electron chi connectivity index (χ2n) is 7.38. The molecule has 0 bridgehead atoms. The Balaban J connectivity index is 1.35. The molecule has 30 heavy (non-hydrogen) atoms. The summed E-state index contributed by atoms with van der Waals surface area (Å²) in [5, 5.41) is 0. The molecule has 0 aromatic carbocycles. The quantitative estimate of drug-likeness (QED) is 0.640. The van der Waals surface area contributed by atoms with Crippen molar-refractivity contribution in [3.05, 3.63) is 53.1 Å². The maximum absolute atomic E-state index is 12.9. The Kier molecular flexibility index (Phi) is 4.92. The number of likely N-dealkylation sites (tertiary alicyclic amines) is 1. The molecule has 0 N–H and O–H groups in total. The van der Waals surface area contributed by atoms with Crippen LogP contribution in [0.1, 0.15) is 33.6 Å². The number of nitrogens with zero attached hydrogens (tertiary/aromatic N) is 5. The fraction of sp³-hybridized carbons (Fsp3) is 0.381. The van der Waals surface area contributed by atoms with Gasteiger partial charge < -0.3 is 14.4 Å². The van der Waals surface area contributed by atoms with Crippen LogP contribution in [0.4, 0.5) is 0 Å². The molecular weight excluding hydrogens is 402 g/mol. The normalized spacial score (nSPS) is 17.6. The fourth-order valence-electron chi connectivity index (χ4n) is 4.17. The number of ether oxygens (including phenoxy) is 2. The van der Waals surface area contributed by atoms with Crippen LogP contribution >= 0.6 is 11.3 Å². The van der Waals surface area contributed by atoms with Crippen LogP contribution < -0.4 is 4.74 Å². The van der Waals surface area contributed by atoms with Crippen LogP contribution in [-0.4, -0.2) is 57.5 Å². The third kappa shape index (κ3) is 3.33. The van der Waals surface area contributed by atoms with Crippen molar-refractivity contribution in [3.8, 4) is 16.6 Å². The maximum atomic E-state index is 12.9. The van der Waals surface area contributed by atoms with Gasteiger partial charge in [0.2, 0.25) is 0 Å². The number of methoxy groups -OCH3 is 1. The first kappa shape index (κ1) is 19.1. The number of fused-ring (bicyclic) bond motifs is 2. The standard InChI is InChI=1S/C21H21N5O3S/c1-28-20-24-11-14(12-25-20)19(27)26-7-3-21(4-8-26)15-10-18(16-13-22-5-6-23-16)30-17(15)2-9-29-21/h5-6,10-13H,2-4,7-9H2,1H3. The average molecular weight is 423 g/mol. The zero-order valence-electron chi connectivity index (χ0n) is 16.6. The molecule has 1 saturated heterocycles. The molecule has 1 fully saturated rings. The molecule has 3 aromatic rings. The van der Waals surface area contributed by atoms with Crippen molar-refractivity contribution < 1.29 is 14.3 Å². The Labute approximate surface area is 177 Å². The Morgan fingerprint density at radius 1 is 1.17 bits per heavy atom. The predicted octanol–water partition coefficient (Wildman–Crippen LogP) is 2.71. The maximum Gasteiger partial charge on any atom is 0.316 e. The molecule has 2 aliphatic heterocycles. The average Bonchev–Trinajstić information content (AvgIpc) is 3.26. The van der Waals surface area contributed by atoms with Gasteiger partial charge in [0.1, 0.15) is 0 Å². The highest BCUT2D eigenvalue weighted by Gasteiger charge is 2.43. The molecule has 0 radical (unpaired) electrons. The number of carbonyl (C=O) groups is 1. The lowest BCUT2D eigenvalue weighted by molar-refractivity contribution is -0.0926. The molecule has 8 nitrogen and oxygen atoms in total. The molecule has 5 heterocycles. The number of amides is 1. The predicted molar refractivity (Wildman–Crippen MR) is 110 cm³/mol. The van der Waals surface area contributed by atoms with Crippen molar-refractivity contribution in [2.45, 2.75) is 24.9 Å². The van der Waals surface area contributed by atoms with Crippen molar-refractivity contribution in [2.75, 3.05) is 26.8 Å². The molecule has 0 unspecified atom stereocenters. The van der Waals surface area contributed by atoms with Gasteiger partial charge in [-0.25, -0.2) is 9.97 Å². The zero-order chi connectivity index (χ0) is 20.6. The minimum atomic E-state index is -0.336. The van der Waals surface area contributed by atoms with E-state index in [4.69, 9.17) is 9.47 Å². The Morgan fingerprint density at radius 3 is 2.67 bits per heavy atom. The largest absolute Gasteiger partial charge is 0.467 e. The molecule has 9 heteroatoms. The van der Waals surface area contributed by atoms with E-state index in [9.17, 15) is 4.79 Å². The van der Waals surface area contributed by atoms with Crippen LogP contribution in [0.15, 0.2) is 37.1 Å². The summed E-state index contributed by atoms with van der Waals surface area (Å²) in [6, 6.07) is 2.46. The van der Waals surface area contributed by atoms with Crippen LogP contribution in [0.2, 0.25) is 0 Å². The lowest BCUT2D eigenvalue weighted by Crippen LogP contribution is -2.48. The van der Waals surface area contributed by atoms with E-state index in [-0.39, 0.29) is 17.5 Å². The summed E-state index contributed by atoms with van der Waals surface area (Å²) in [6.07, 6.45) is 10.7. The molecule has 1 spiro atoms. The van der Waals surface area contributed by atoms with E-state index in [1.54, 1.807) is 29.9 Å². The van der Waals surface area contributed by atoms with Crippen LogP contribution in [-0.2, 0) is 16.8 Å². The van der Waals surface area contributed by atoms with E-state index in [2.05, 4.69) is 26.0 Å². The number of hydrogen-bond donors (Lipinski definition) is 0. The van der Waals surface area contributed by atoms with Gasteiger partial charge in [-0.3, -0.25) is 14.8 Å². The Hall–Kier alpha value is -2.91. The number of hydrogen-bond acceptors (Lipinski definition) is 8. The number of piperidine rings is 1. The van der Waals surface area contributed by atoms with Crippen molar-refractivity contribution in [3.63, 3.8) is 0 Å². The molecule has 5 rings (SSSR count). The monoisotopic (exact) mass is 423 g/mol. The Bertz CT molecular complexity index is 1050. The molecule has 0 atom stereocenters. The third-order valence-corrected chi connectivity index (χ3v) is 6.96. The van der Waals surface area contributed by atoms with E-state index in [0.717, 1.165) is 29.8 Å². The second kappa shape index (κ2) is 7.73. The summed E-state index contributed by atoms with van der Waals surface area (Å²) in [4.78, 5) is 33.9. The molecule has 154 valence electrons. The third-order valence-electron chi connectivity index (χ3n) is 5.74. The minimum absolute atomic E-state index is 0.0610. The van der Waals surface area contributed by atoms with Crippen molar-refractivity contribution in [1.82, 2.24) is 24.8 Å². The smallest absolute Gasteiger partial charge is 0.316 e. The number of aromatic nitrogens is 4. The summed E-state index contributed by atoms with van der Waals surface area (Å²) in [5.74, 6) is -0.0610. The van der Waals surface area contributed by atoms with Gasteiger partial charge >= 0.3 is 6.01 Å². The number of carbonyl (C=O) groups excluding carboxylic acids is 1. The van der Waals surface area contributed by atoms with Gasteiger partial charge in [0.25, 0.3) is 5.91 Å². The number of thiophene rings is 1. The van der Waals surface area contributed by atoms with Gasteiger partial charge in [-0.05, 0) is 24.5 Å². The van der Waals surface area contributed by atoms with Crippen molar-refractivity contribution >= 4 is 17.2 Å². The molecule has 2 aliphatic rings. The molecule has 3 aromatic heterocycles. The highest BCUT2D eigenvalue weighted by atomic mass is 32.1. The van der Waals surface area contributed by atoms with Gasteiger partial charge in [-0.2, -0.15) is 0 Å². The van der Waals surface area contributed by atoms with E-state index in [0.29, 0.717) is 25.3 Å². The van der Waals surface area contributed by atoms with E-state index in [1.807, 2.05) is 4.90 Å². The van der Waals surface area contributed by atoms with Crippen LogP contribution in [0, 0.1) is 0 Å². The summed E-state index contributed by atoms with van der Waals surface area (Å²) in [5.41, 5.74) is 2.27. The van der Waals surface area contributed by atoms with Gasteiger partial charge in [-0.1, -0.05) is 0 Å². The lowest BCUT2D eigenvalue weighted by Gasteiger charge is -2.44. The van der Waals surface area contributed by atoms with Crippen LogP contribution in [0.25, 0.3) is 10.6 Å². The lowest BCUT2D eigenvalue weighted by atomic mass is 9.82. The summed E-state index contributed by atoms with van der Waals surface area (Å²) >= 11 is 1.77. The molecule has 1 amide bonds. The van der Waals surface area contributed by atoms with Crippen LogP contribution in [0.3, 0.4) is 0 Å². The molecular formula is C21H21N5O3S. The van der Waals surface area contributed by atoms with Crippen LogP contribution in [0.5, 0.6) is 6.01 Å². The van der Waals surface area contributed by atoms with Gasteiger partial charge in [0.15, 0.2) is 0 Å². The van der Waals surface area contributed by atoms with E-state index in [1.165, 1.54) is 29.9 Å². The highest BCUT2D eigenvalue weighted by molar-refractivity contribution is 7.15. The first-order chi connectivity index (χ1) is 14.7. The van der Waals surface area contributed by atoms with Gasteiger partial charge in [-0.15, -0.1) is 11.3 Å². The SMILES string of the molecule is COc1ncc(C(=O)N2CCC3(CC2)OCCc2sc(-c4cnccn4)cc23)cn1. The highest BCUT2D eigenvalue weighted by Crippen LogP contribution is 2.46. The van der Waals surface area contributed by atoms with E-state index < -0.39 is 0 Å². The Morgan fingerprint density at radius 2 is 1.97 bits per heavy atom. The van der Waals surface area contributed by atoms with Gasteiger partial charge in [0, 0.05) is 49.2 Å². The zero-order valence-corrected chi connectivity index (χ0v) is 17.4. The second-order valence-corrected chi connectivity index (χ2v) is 8.52. The first-order valence-corrected chi connectivity index (χ1v) is 10.7. The van der Waals surface area contributed by atoms with E-state index >= 15 is 0 Å². The summed E-state index contributed by atoms with van der Waals surface area (Å²) in [6.45, 7) is 1.95. The van der Waals surface area contributed by atoms with Gasteiger partial charge in [0.05, 0.1) is 41.6 Å². The van der Waals surface area contributed by atoms with Crippen molar-refractivity contribution in [1.29, 1.82) is 0 Å². The minimum Gasteiger partial charge on any atom is -0.467 e. The molecule has 0 saturated carbocycles. The topological polar surface area (TPSA) is 90.3 Å². The first-order valence-electron chi connectivity index (χ1n) is 9.87. The molecule has 0 aliphatic carbocycles. The fourth-order valence-corrected chi connectivity index (χ4v) is 5.36. The number of rotatable bonds is 3.